The molecule has 6 nitrogen and oxygen atoms in total. The Morgan fingerprint density at radius 1 is 1.31 bits per heavy atom. The molecule has 26 heavy (non-hydrogen) atoms. The van der Waals surface area contributed by atoms with Gasteiger partial charge < -0.3 is 5.32 Å². The lowest BCUT2D eigenvalue weighted by molar-refractivity contribution is -0.115. The Morgan fingerprint density at radius 2 is 2.12 bits per heavy atom. The summed E-state index contributed by atoms with van der Waals surface area (Å²) in [6, 6.07) is 6.06. The van der Waals surface area contributed by atoms with Crippen molar-refractivity contribution in [2.75, 3.05) is 17.3 Å². The highest BCUT2D eigenvalue weighted by Gasteiger charge is 2.20. The van der Waals surface area contributed by atoms with Crippen LogP contribution in [-0.4, -0.2) is 28.1 Å². The fourth-order valence-corrected chi connectivity index (χ4v) is 5.02. The molecule has 0 spiro atoms. The van der Waals surface area contributed by atoms with Gasteiger partial charge in [0.2, 0.25) is 11.0 Å². The Kier molecular flexibility index (Phi) is 5.90. The molecule has 0 radical (unpaired) electrons. The second-order valence-electron chi connectivity index (χ2n) is 5.68. The summed E-state index contributed by atoms with van der Waals surface area (Å²) >= 11 is 4.57. The van der Waals surface area contributed by atoms with Crippen LogP contribution in [0.3, 0.4) is 0 Å². The van der Waals surface area contributed by atoms with E-state index in [1.54, 1.807) is 23.6 Å². The predicted molar refractivity (Wildman–Crippen MR) is 110 cm³/mol. The van der Waals surface area contributed by atoms with Crippen LogP contribution in [-0.2, 0) is 10.5 Å². The van der Waals surface area contributed by atoms with Gasteiger partial charge in [0.05, 0.1) is 11.4 Å². The molecule has 9 heteroatoms. The van der Waals surface area contributed by atoms with E-state index in [0.29, 0.717) is 10.9 Å². The number of aryl methyl sites for hydroxylation is 2. The zero-order valence-electron chi connectivity index (χ0n) is 14.9. The van der Waals surface area contributed by atoms with Crippen molar-refractivity contribution in [2.24, 2.45) is 0 Å². The van der Waals surface area contributed by atoms with E-state index < -0.39 is 0 Å². The van der Waals surface area contributed by atoms with Crippen LogP contribution in [0.5, 0.6) is 0 Å². The molecule has 0 unspecified atom stereocenters. The summed E-state index contributed by atoms with van der Waals surface area (Å²) < 4.78 is 0.890. The first-order valence-corrected chi connectivity index (χ1v) is 10.6. The minimum absolute atomic E-state index is 0.0479. The van der Waals surface area contributed by atoms with Crippen molar-refractivity contribution in [2.45, 2.75) is 30.9 Å². The molecule has 2 aromatic heterocycles. The molecule has 0 atom stereocenters. The van der Waals surface area contributed by atoms with Gasteiger partial charge >= 0.3 is 0 Å². The number of thiazole rings is 1. The van der Waals surface area contributed by atoms with E-state index in [2.05, 4.69) is 26.6 Å². The quantitative estimate of drug-likeness (QED) is 0.603. The first-order chi connectivity index (χ1) is 12.5. The zero-order chi connectivity index (χ0) is 18.7. The zero-order valence-corrected chi connectivity index (χ0v) is 17.4. The van der Waals surface area contributed by atoms with Gasteiger partial charge in [0.1, 0.15) is 0 Å². The van der Waals surface area contributed by atoms with Crippen LogP contribution in [0.25, 0.3) is 0 Å². The average molecular weight is 406 g/mol. The van der Waals surface area contributed by atoms with Gasteiger partial charge in [0, 0.05) is 25.1 Å². The molecule has 1 amide bonds. The summed E-state index contributed by atoms with van der Waals surface area (Å²) in [5.74, 6) is 0.640. The minimum Gasteiger partial charge on any atom is -0.363 e. The standard InChI is InChI=1S/C17H19N5OS3/c1-10-5-6-14(11(2)7-10)22(12(3)23)16-19-13(8-24-16)9-25-17-21-20-15(18-4)26-17/h5-8H,9H2,1-4H3,(H,18,20). The highest BCUT2D eigenvalue weighted by molar-refractivity contribution is 8.00. The van der Waals surface area contributed by atoms with Gasteiger partial charge in [-0.3, -0.25) is 9.69 Å². The van der Waals surface area contributed by atoms with E-state index in [-0.39, 0.29) is 5.91 Å². The normalized spacial score (nSPS) is 10.8. The van der Waals surface area contributed by atoms with Crippen LogP contribution >= 0.6 is 34.4 Å². The number of anilines is 3. The first kappa shape index (κ1) is 18.8. The third kappa shape index (κ3) is 4.22. The molecule has 0 bridgehead atoms. The number of hydrogen-bond donors (Lipinski definition) is 1. The maximum atomic E-state index is 12.3. The van der Waals surface area contributed by atoms with E-state index in [9.17, 15) is 4.79 Å². The molecule has 136 valence electrons. The molecular formula is C17H19N5OS3. The largest absolute Gasteiger partial charge is 0.363 e. The van der Waals surface area contributed by atoms with Crippen LogP contribution in [0.1, 0.15) is 23.7 Å². The lowest BCUT2D eigenvalue weighted by Crippen LogP contribution is -2.23. The number of aromatic nitrogens is 3. The Morgan fingerprint density at radius 3 is 2.77 bits per heavy atom. The Balaban J connectivity index is 1.78. The van der Waals surface area contributed by atoms with Crippen molar-refractivity contribution in [3.05, 3.63) is 40.4 Å². The molecule has 0 aliphatic heterocycles. The fraction of sp³-hybridized carbons (Fsp3) is 0.294. The van der Waals surface area contributed by atoms with Crippen molar-refractivity contribution in [1.82, 2.24) is 15.2 Å². The number of carbonyl (C=O) groups excluding carboxylic acids is 1. The lowest BCUT2D eigenvalue weighted by Gasteiger charge is -2.20. The number of rotatable bonds is 6. The molecule has 0 fully saturated rings. The molecule has 0 aliphatic rings. The van der Waals surface area contributed by atoms with Crippen LogP contribution in [0.2, 0.25) is 0 Å². The first-order valence-electron chi connectivity index (χ1n) is 7.94. The third-order valence-electron chi connectivity index (χ3n) is 3.60. The van der Waals surface area contributed by atoms with E-state index in [1.165, 1.54) is 28.2 Å². The minimum atomic E-state index is -0.0479. The number of nitrogens with zero attached hydrogens (tertiary/aromatic N) is 4. The smallest absolute Gasteiger partial charge is 0.230 e. The summed E-state index contributed by atoms with van der Waals surface area (Å²) in [5, 5.41) is 14.6. The van der Waals surface area contributed by atoms with E-state index in [1.807, 2.05) is 38.4 Å². The topological polar surface area (TPSA) is 71.0 Å². The van der Waals surface area contributed by atoms with Crippen molar-refractivity contribution in [3.63, 3.8) is 0 Å². The average Bonchev–Trinajstić information content (AvgIpc) is 3.24. The number of hydrogen-bond acceptors (Lipinski definition) is 8. The summed E-state index contributed by atoms with van der Waals surface area (Å²) in [5.41, 5.74) is 4.02. The second-order valence-corrected chi connectivity index (χ2v) is 8.71. The van der Waals surface area contributed by atoms with Gasteiger partial charge in [-0.05, 0) is 25.5 Å². The summed E-state index contributed by atoms with van der Waals surface area (Å²) in [6.45, 7) is 5.62. The molecule has 1 N–H and O–H groups in total. The number of amides is 1. The number of benzene rings is 1. The van der Waals surface area contributed by atoms with E-state index in [0.717, 1.165) is 26.4 Å². The molecule has 3 rings (SSSR count). The number of thioether (sulfide) groups is 1. The van der Waals surface area contributed by atoms with E-state index >= 15 is 0 Å². The van der Waals surface area contributed by atoms with Crippen LogP contribution < -0.4 is 10.2 Å². The van der Waals surface area contributed by atoms with Crippen molar-refractivity contribution >= 4 is 56.3 Å². The third-order valence-corrected chi connectivity index (χ3v) is 6.59. The molecule has 3 aromatic rings. The maximum absolute atomic E-state index is 12.3. The highest BCUT2D eigenvalue weighted by Crippen LogP contribution is 2.34. The van der Waals surface area contributed by atoms with Crippen LogP contribution in [0.4, 0.5) is 16.0 Å². The molecule has 2 heterocycles. The summed E-state index contributed by atoms with van der Waals surface area (Å²) in [7, 11) is 1.82. The van der Waals surface area contributed by atoms with Crippen LogP contribution in [0.15, 0.2) is 27.9 Å². The van der Waals surface area contributed by atoms with Gasteiger partial charge in [-0.25, -0.2) is 4.98 Å². The summed E-state index contributed by atoms with van der Waals surface area (Å²) in [6.07, 6.45) is 0. The van der Waals surface area contributed by atoms with Crippen molar-refractivity contribution in [1.29, 1.82) is 0 Å². The Labute approximate surface area is 164 Å². The van der Waals surface area contributed by atoms with Gasteiger partial charge in [-0.1, -0.05) is 40.8 Å². The number of nitrogens with one attached hydrogen (secondary N) is 1. The maximum Gasteiger partial charge on any atom is 0.230 e. The molecule has 0 aliphatic carbocycles. The van der Waals surface area contributed by atoms with Crippen molar-refractivity contribution < 1.29 is 4.79 Å². The SMILES string of the molecule is CNc1nnc(SCc2csc(N(C(C)=O)c3ccc(C)cc3C)n2)s1. The van der Waals surface area contributed by atoms with Crippen LogP contribution in [0, 0.1) is 13.8 Å². The van der Waals surface area contributed by atoms with Crippen molar-refractivity contribution in [3.8, 4) is 0 Å². The molecular weight excluding hydrogens is 386 g/mol. The van der Waals surface area contributed by atoms with E-state index in [4.69, 9.17) is 0 Å². The molecule has 1 aromatic carbocycles. The van der Waals surface area contributed by atoms with Gasteiger partial charge in [0.25, 0.3) is 0 Å². The molecule has 0 saturated heterocycles. The van der Waals surface area contributed by atoms with Gasteiger partial charge in [-0.2, -0.15) is 0 Å². The number of carbonyl (C=O) groups is 1. The fourth-order valence-electron chi connectivity index (χ4n) is 2.43. The summed E-state index contributed by atoms with van der Waals surface area (Å²) in [4.78, 5) is 18.6. The monoisotopic (exact) mass is 405 g/mol. The Bertz CT molecular complexity index is 921. The molecule has 0 saturated carbocycles. The highest BCUT2D eigenvalue weighted by atomic mass is 32.2. The Hall–Kier alpha value is -1.97. The van der Waals surface area contributed by atoms with Gasteiger partial charge in [-0.15, -0.1) is 21.5 Å². The second kappa shape index (κ2) is 8.15. The van der Waals surface area contributed by atoms with Gasteiger partial charge in [0.15, 0.2) is 9.47 Å². The lowest BCUT2D eigenvalue weighted by atomic mass is 10.1. The predicted octanol–water partition coefficient (Wildman–Crippen LogP) is 4.63.